The van der Waals surface area contributed by atoms with Gasteiger partial charge >= 0.3 is 6.03 Å². The van der Waals surface area contributed by atoms with Gasteiger partial charge in [0.1, 0.15) is 21.8 Å². The Morgan fingerprint density at radius 1 is 1.25 bits per heavy atom. The van der Waals surface area contributed by atoms with Crippen LogP contribution in [0.4, 0.5) is 4.79 Å². The number of nitriles is 1. The summed E-state index contributed by atoms with van der Waals surface area (Å²) in [6, 6.07) is 13.6. The molecule has 2 aromatic carbocycles. The average molecular weight is 504 g/mol. The van der Waals surface area contributed by atoms with Gasteiger partial charge in [-0.15, -0.1) is 10.2 Å². The number of aliphatic hydroxyl groups excluding tert-OH is 1. The molecule has 186 valence electrons. The van der Waals surface area contributed by atoms with Crippen molar-refractivity contribution in [1.29, 1.82) is 5.26 Å². The molecular formula is C27H29N5O3S. The van der Waals surface area contributed by atoms with Gasteiger partial charge in [-0.25, -0.2) is 4.79 Å². The highest BCUT2D eigenvalue weighted by atomic mass is 32.1. The molecule has 1 aromatic heterocycles. The number of nitrogens with zero attached hydrogens (tertiary/aromatic N) is 4. The molecule has 2 heterocycles. The fourth-order valence-electron chi connectivity index (χ4n) is 4.94. The number of piperidine rings is 1. The number of carbonyl (C=O) groups is 1. The molecule has 0 saturated carbocycles. The third kappa shape index (κ3) is 4.92. The van der Waals surface area contributed by atoms with Gasteiger partial charge in [0.05, 0.1) is 23.8 Å². The molecule has 1 fully saturated rings. The van der Waals surface area contributed by atoms with Crippen LogP contribution in [-0.2, 0) is 6.42 Å². The van der Waals surface area contributed by atoms with Crippen LogP contribution in [0.5, 0.6) is 5.75 Å². The quantitative estimate of drug-likeness (QED) is 0.523. The molecule has 1 saturated heterocycles. The van der Waals surface area contributed by atoms with Gasteiger partial charge in [0.15, 0.2) is 0 Å². The highest BCUT2D eigenvalue weighted by Gasteiger charge is 2.30. The van der Waals surface area contributed by atoms with Crippen LogP contribution in [0, 0.1) is 11.3 Å². The molecule has 36 heavy (non-hydrogen) atoms. The van der Waals surface area contributed by atoms with E-state index in [-0.39, 0.29) is 18.2 Å². The first-order chi connectivity index (χ1) is 17.4. The minimum absolute atomic E-state index is 0.0173. The van der Waals surface area contributed by atoms with Crippen molar-refractivity contribution in [2.45, 2.75) is 57.8 Å². The highest BCUT2D eigenvalue weighted by Crippen LogP contribution is 2.40. The molecule has 0 radical (unpaired) electrons. The zero-order valence-corrected chi connectivity index (χ0v) is 21.2. The standard InChI is InChI=1S/C27H29N5O3S/c1-16(2)35-24-11-8-17(13-18(24)14-28)25-30-31-26(36-25)22-7-3-6-21-20(22)9-10-23(21)29-27(34)32-12-4-5-19(33)15-32/h3,6-8,11,13,16,19,23,33H,4-5,9-10,12,15H2,1-2H3,(H,29,34)/t19-,23-/m0/s1. The zero-order chi connectivity index (χ0) is 25.2. The molecule has 0 unspecified atom stereocenters. The van der Waals surface area contributed by atoms with Gasteiger partial charge in [-0.3, -0.25) is 0 Å². The minimum Gasteiger partial charge on any atom is -0.490 e. The SMILES string of the molecule is CC(C)Oc1ccc(-c2nnc(-c3cccc4c3CC[C@@H]4NC(=O)N3CCC[C@H](O)C3)s2)cc1C#N. The number of likely N-dealkylation sites (tertiary alicyclic amines) is 1. The van der Waals surface area contributed by atoms with E-state index in [1.165, 1.54) is 16.9 Å². The number of carbonyl (C=O) groups excluding carboxylic acids is 1. The summed E-state index contributed by atoms with van der Waals surface area (Å²) in [5.74, 6) is 0.564. The van der Waals surface area contributed by atoms with Gasteiger partial charge in [-0.05, 0) is 68.9 Å². The van der Waals surface area contributed by atoms with Gasteiger partial charge < -0.3 is 20.1 Å². The monoisotopic (exact) mass is 503 g/mol. The van der Waals surface area contributed by atoms with Gasteiger partial charge in [0, 0.05) is 24.2 Å². The first-order valence-corrected chi connectivity index (χ1v) is 13.1. The Morgan fingerprint density at radius 2 is 2.08 bits per heavy atom. The summed E-state index contributed by atoms with van der Waals surface area (Å²) < 4.78 is 5.73. The van der Waals surface area contributed by atoms with Crippen LogP contribution in [0.2, 0.25) is 0 Å². The van der Waals surface area contributed by atoms with Crippen molar-refractivity contribution >= 4 is 17.4 Å². The Kier molecular flexibility index (Phi) is 6.90. The number of nitrogens with one attached hydrogen (secondary N) is 1. The molecule has 3 aromatic rings. The second-order valence-electron chi connectivity index (χ2n) is 9.56. The highest BCUT2D eigenvalue weighted by molar-refractivity contribution is 7.17. The maximum absolute atomic E-state index is 12.8. The molecule has 9 heteroatoms. The molecule has 2 atom stereocenters. The lowest BCUT2D eigenvalue weighted by atomic mass is 10.0. The predicted molar refractivity (Wildman–Crippen MR) is 138 cm³/mol. The summed E-state index contributed by atoms with van der Waals surface area (Å²) in [6.07, 6.45) is 2.77. The maximum atomic E-state index is 12.8. The van der Waals surface area contributed by atoms with E-state index < -0.39 is 6.10 Å². The summed E-state index contributed by atoms with van der Waals surface area (Å²) in [6.45, 7) is 4.92. The lowest BCUT2D eigenvalue weighted by molar-refractivity contribution is 0.0833. The van der Waals surface area contributed by atoms with E-state index in [0.717, 1.165) is 52.4 Å². The van der Waals surface area contributed by atoms with E-state index in [0.29, 0.717) is 24.4 Å². The summed E-state index contributed by atoms with van der Waals surface area (Å²) in [7, 11) is 0. The number of benzene rings is 2. The van der Waals surface area contributed by atoms with Crippen molar-refractivity contribution < 1.29 is 14.6 Å². The number of β-amino-alcohol motifs (C(OH)–C–C–N with tert-alkyl or cyclic N) is 1. The Balaban J connectivity index is 1.36. The lowest BCUT2D eigenvalue weighted by Crippen LogP contribution is -2.47. The van der Waals surface area contributed by atoms with Gasteiger partial charge in [0.25, 0.3) is 0 Å². The zero-order valence-electron chi connectivity index (χ0n) is 20.4. The van der Waals surface area contributed by atoms with Crippen LogP contribution in [0.25, 0.3) is 21.1 Å². The summed E-state index contributed by atoms with van der Waals surface area (Å²) in [5, 5.41) is 33.1. The maximum Gasteiger partial charge on any atom is 0.317 e. The van der Waals surface area contributed by atoms with Crippen molar-refractivity contribution in [3.8, 4) is 33.0 Å². The van der Waals surface area contributed by atoms with Gasteiger partial charge in [0.2, 0.25) is 0 Å². The smallest absolute Gasteiger partial charge is 0.317 e. The molecule has 1 aliphatic heterocycles. The number of aromatic nitrogens is 2. The number of hydrogen-bond acceptors (Lipinski definition) is 7. The molecular weight excluding hydrogens is 474 g/mol. The number of hydrogen-bond donors (Lipinski definition) is 2. The van der Waals surface area contributed by atoms with Crippen molar-refractivity contribution in [2.75, 3.05) is 13.1 Å². The molecule has 5 rings (SSSR count). The van der Waals surface area contributed by atoms with Crippen LogP contribution in [0.3, 0.4) is 0 Å². The molecule has 8 nitrogen and oxygen atoms in total. The Labute approximate surface area is 214 Å². The first kappa shape index (κ1) is 24.2. The van der Waals surface area contributed by atoms with Crippen molar-refractivity contribution in [2.24, 2.45) is 0 Å². The Hall–Kier alpha value is -3.48. The summed E-state index contributed by atoms with van der Waals surface area (Å²) >= 11 is 1.49. The van der Waals surface area contributed by atoms with Crippen molar-refractivity contribution in [1.82, 2.24) is 20.4 Å². The summed E-state index contributed by atoms with van der Waals surface area (Å²) in [4.78, 5) is 14.5. The molecule has 2 amide bonds. The fraction of sp³-hybridized carbons (Fsp3) is 0.407. The van der Waals surface area contributed by atoms with Crippen molar-refractivity contribution in [3.05, 3.63) is 53.1 Å². The van der Waals surface area contributed by atoms with E-state index in [1.54, 1.807) is 11.0 Å². The van der Waals surface area contributed by atoms with E-state index in [2.05, 4.69) is 33.7 Å². The molecule has 2 aliphatic rings. The third-order valence-corrected chi connectivity index (χ3v) is 7.62. The number of ether oxygens (including phenoxy) is 1. The number of aliphatic hydroxyl groups is 1. The molecule has 1 aliphatic carbocycles. The molecule has 0 bridgehead atoms. The Bertz CT molecular complexity index is 1310. The van der Waals surface area contributed by atoms with Gasteiger partial charge in [-0.2, -0.15) is 5.26 Å². The van der Waals surface area contributed by atoms with Crippen molar-refractivity contribution in [3.63, 3.8) is 0 Å². The molecule has 0 spiro atoms. The Morgan fingerprint density at radius 3 is 2.86 bits per heavy atom. The lowest BCUT2D eigenvalue weighted by Gasteiger charge is -2.31. The van der Waals surface area contributed by atoms with E-state index in [4.69, 9.17) is 4.74 Å². The number of amides is 2. The minimum atomic E-state index is -0.443. The predicted octanol–water partition coefficient (Wildman–Crippen LogP) is 4.68. The normalized spacial score (nSPS) is 19.1. The van der Waals surface area contributed by atoms with E-state index >= 15 is 0 Å². The van der Waals surface area contributed by atoms with Crippen LogP contribution in [-0.4, -0.2) is 51.5 Å². The first-order valence-electron chi connectivity index (χ1n) is 12.3. The number of rotatable bonds is 5. The van der Waals surface area contributed by atoms with Gasteiger partial charge in [-0.1, -0.05) is 29.5 Å². The topological polar surface area (TPSA) is 111 Å². The number of urea groups is 1. The summed E-state index contributed by atoms with van der Waals surface area (Å²) in [5.41, 5.74) is 4.62. The third-order valence-electron chi connectivity index (χ3n) is 6.62. The average Bonchev–Trinajstić information content (AvgIpc) is 3.52. The van der Waals surface area contributed by atoms with Crippen LogP contribution in [0.15, 0.2) is 36.4 Å². The second-order valence-corrected chi connectivity index (χ2v) is 10.5. The van der Waals surface area contributed by atoms with Crippen LogP contribution < -0.4 is 10.1 Å². The number of fused-ring (bicyclic) bond motifs is 1. The fourth-order valence-corrected chi connectivity index (χ4v) is 5.83. The van der Waals surface area contributed by atoms with Crippen LogP contribution in [0.1, 0.15) is 55.8 Å². The second kappa shape index (κ2) is 10.2. The molecule has 2 N–H and O–H groups in total. The van der Waals surface area contributed by atoms with E-state index in [9.17, 15) is 15.2 Å². The van der Waals surface area contributed by atoms with Crippen LogP contribution >= 0.6 is 11.3 Å². The van der Waals surface area contributed by atoms with E-state index in [1.807, 2.05) is 32.0 Å². The largest absolute Gasteiger partial charge is 0.490 e.